The third-order valence-electron chi connectivity index (χ3n) is 3.40. The lowest BCUT2D eigenvalue weighted by Crippen LogP contribution is -2.09. The van der Waals surface area contributed by atoms with E-state index in [1.165, 1.54) is 18.2 Å². The lowest BCUT2D eigenvalue weighted by Gasteiger charge is -2.12. The van der Waals surface area contributed by atoms with Gasteiger partial charge in [-0.05, 0) is 35.4 Å². The molecule has 0 aromatic heterocycles. The van der Waals surface area contributed by atoms with E-state index in [4.69, 9.17) is 0 Å². The average Bonchev–Trinajstić information content (AvgIpc) is 2.57. The molecule has 0 spiro atoms. The molecule has 130 valence electrons. The number of aliphatic hydroxyl groups excluding tert-OH is 2. The molecule has 0 saturated heterocycles. The highest BCUT2D eigenvalue weighted by Crippen LogP contribution is 2.32. The van der Waals surface area contributed by atoms with Crippen molar-refractivity contribution in [1.29, 1.82) is 0 Å². The van der Waals surface area contributed by atoms with Gasteiger partial charge in [0.15, 0.2) is 5.78 Å². The molecule has 7 heteroatoms. The van der Waals surface area contributed by atoms with Gasteiger partial charge in [-0.25, -0.2) is 4.39 Å². The van der Waals surface area contributed by atoms with Crippen LogP contribution in [0.2, 0.25) is 0 Å². The summed E-state index contributed by atoms with van der Waals surface area (Å²) in [6.07, 6.45) is -3.80. The fourth-order valence-corrected chi connectivity index (χ4v) is 2.17. The first-order valence-electron chi connectivity index (χ1n) is 6.95. The zero-order chi connectivity index (χ0) is 18.6. The molecule has 2 N–H and O–H groups in total. The van der Waals surface area contributed by atoms with Gasteiger partial charge in [0.25, 0.3) is 0 Å². The minimum absolute atomic E-state index is 0.139. The van der Waals surface area contributed by atoms with Gasteiger partial charge in [0.2, 0.25) is 0 Å². The number of carbonyl (C=O) groups is 1. The summed E-state index contributed by atoms with van der Waals surface area (Å²) in [5.74, 6) is -1.49. The number of benzene rings is 2. The molecule has 0 aliphatic heterocycles. The maximum Gasteiger partial charge on any atom is 0.416 e. The Labute approximate surface area is 140 Å². The quantitative estimate of drug-likeness (QED) is 0.467. The minimum atomic E-state index is -4.62. The molecule has 3 nitrogen and oxygen atoms in total. The Kier molecular flexibility index (Phi) is 5.26. The topological polar surface area (TPSA) is 57.5 Å². The van der Waals surface area contributed by atoms with Gasteiger partial charge in [-0.1, -0.05) is 24.3 Å². The largest absolute Gasteiger partial charge is 0.515 e. The van der Waals surface area contributed by atoms with Crippen LogP contribution in [0, 0.1) is 5.82 Å². The van der Waals surface area contributed by atoms with Crippen molar-refractivity contribution in [2.75, 3.05) is 0 Å². The van der Waals surface area contributed by atoms with Gasteiger partial charge in [-0.15, -0.1) is 0 Å². The Morgan fingerprint density at radius 2 is 1.44 bits per heavy atom. The minimum Gasteiger partial charge on any atom is -0.515 e. The third kappa shape index (κ3) is 4.06. The van der Waals surface area contributed by atoms with Crippen LogP contribution in [-0.4, -0.2) is 16.0 Å². The Balaban J connectivity index is 2.44. The summed E-state index contributed by atoms with van der Waals surface area (Å²) in [4.78, 5) is 12.5. The first-order valence-corrected chi connectivity index (χ1v) is 6.95. The molecule has 0 heterocycles. The smallest absolute Gasteiger partial charge is 0.416 e. The second-order valence-corrected chi connectivity index (χ2v) is 5.00. The Morgan fingerprint density at radius 3 is 1.96 bits per heavy atom. The summed E-state index contributed by atoms with van der Waals surface area (Å²) >= 11 is 0. The molecule has 0 aliphatic rings. The molecular weight excluding hydrogens is 340 g/mol. The normalized spacial score (nSPS) is 13.0. The van der Waals surface area contributed by atoms with Crippen LogP contribution in [0.5, 0.6) is 0 Å². The van der Waals surface area contributed by atoms with E-state index >= 15 is 0 Å². The van der Waals surface area contributed by atoms with Crippen LogP contribution in [0.4, 0.5) is 17.6 Å². The summed E-state index contributed by atoms with van der Waals surface area (Å²) in [6.45, 7) is 0. The molecule has 2 rings (SSSR count). The average molecular weight is 352 g/mol. The van der Waals surface area contributed by atoms with Gasteiger partial charge in [-0.2, -0.15) is 13.2 Å². The highest BCUT2D eigenvalue weighted by atomic mass is 19.4. The molecule has 2 aromatic rings. The second kappa shape index (κ2) is 7.21. The molecule has 2 aromatic carbocycles. The number of halogens is 4. The lowest BCUT2D eigenvalue weighted by molar-refractivity contribution is -0.137. The second-order valence-electron chi connectivity index (χ2n) is 5.00. The number of carbonyl (C=O) groups excluding carboxylic acids is 1. The Bertz CT molecular complexity index is 834. The van der Waals surface area contributed by atoms with E-state index in [0.29, 0.717) is 18.6 Å². The number of hydrogen-bond acceptors (Lipinski definition) is 3. The molecule has 0 unspecified atom stereocenters. The van der Waals surface area contributed by atoms with Crippen LogP contribution < -0.4 is 0 Å². The summed E-state index contributed by atoms with van der Waals surface area (Å²) in [6, 6.07) is 8.39. The van der Waals surface area contributed by atoms with Crippen molar-refractivity contribution >= 4 is 16.9 Å². The van der Waals surface area contributed by atoms with Gasteiger partial charge >= 0.3 is 6.18 Å². The summed E-state index contributed by atoms with van der Waals surface area (Å²) < 4.78 is 51.4. The van der Waals surface area contributed by atoms with Crippen LogP contribution >= 0.6 is 0 Å². The molecule has 0 fully saturated rings. The first-order chi connectivity index (χ1) is 11.8. The summed E-state index contributed by atoms with van der Waals surface area (Å²) in [5.41, 5.74) is -1.79. The van der Waals surface area contributed by atoms with Crippen molar-refractivity contribution in [3.63, 3.8) is 0 Å². The van der Waals surface area contributed by atoms with Crippen molar-refractivity contribution in [3.8, 4) is 0 Å². The number of alkyl halides is 3. The molecule has 0 saturated carbocycles. The standard InChI is InChI=1S/C18H12F4O3/c19-14-6-4-11(5-7-14)15(9-23)17(25)16(10-24)12-2-1-3-13(8-12)18(20,21)22/h1-10,23-24H. The molecule has 0 amide bonds. The molecular formula is C18H12F4O3. The SMILES string of the molecule is O=C(C(=CO)c1ccc(F)cc1)C(=CO)c1cccc(C(F)(F)F)c1. The highest BCUT2D eigenvalue weighted by molar-refractivity contribution is 6.41. The molecule has 0 atom stereocenters. The summed E-state index contributed by atoms with van der Waals surface area (Å²) in [7, 11) is 0. The van der Waals surface area contributed by atoms with Gasteiger partial charge in [0.05, 0.1) is 29.2 Å². The van der Waals surface area contributed by atoms with Crippen molar-refractivity contribution in [2.45, 2.75) is 6.18 Å². The number of rotatable bonds is 4. The van der Waals surface area contributed by atoms with E-state index in [-0.39, 0.29) is 16.7 Å². The van der Waals surface area contributed by atoms with Gasteiger partial charge in [0, 0.05) is 0 Å². The molecule has 0 bridgehead atoms. The number of aliphatic hydroxyl groups is 2. The maximum absolute atomic E-state index is 13.0. The predicted octanol–water partition coefficient (Wildman–Crippen LogP) is 4.91. The van der Waals surface area contributed by atoms with E-state index < -0.39 is 28.9 Å². The number of hydrogen-bond donors (Lipinski definition) is 2. The van der Waals surface area contributed by atoms with Crippen molar-refractivity contribution < 1.29 is 32.6 Å². The van der Waals surface area contributed by atoms with Crippen LogP contribution in [0.3, 0.4) is 0 Å². The Hall–Kier alpha value is -3.09. The fraction of sp³-hybridized carbons (Fsp3) is 0.0556. The van der Waals surface area contributed by atoms with Crippen molar-refractivity contribution in [3.05, 3.63) is 83.6 Å². The van der Waals surface area contributed by atoms with E-state index in [0.717, 1.165) is 24.3 Å². The van der Waals surface area contributed by atoms with Crippen LogP contribution in [0.25, 0.3) is 11.1 Å². The van der Waals surface area contributed by atoms with E-state index in [9.17, 15) is 32.6 Å². The first kappa shape index (κ1) is 18.3. The fourth-order valence-electron chi connectivity index (χ4n) is 2.17. The summed E-state index contributed by atoms with van der Waals surface area (Å²) in [5, 5.41) is 18.7. The van der Waals surface area contributed by atoms with Gasteiger partial charge in [-0.3, -0.25) is 4.79 Å². The van der Waals surface area contributed by atoms with Crippen molar-refractivity contribution in [1.82, 2.24) is 0 Å². The molecule has 25 heavy (non-hydrogen) atoms. The number of allylic oxidation sites excluding steroid dienone is 2. The highest BCUT2D eigenvalue weighted by Gasteiger charge is 2.31. The van der Waals surface area contributed by atoms with Crippen LogP contribution in [0.1, 0.15) is 16.7 Å². The van der Waals surface area contributed by atoms with Gasteiger partial charge < -0.3 is 10.2 Å². The van der Waals surface area contributed by atoms with E-state index in [1.54, 1.807) is 0 Å². The number of Topliss-reactive ketones (excluding diaryl/α,β-unsaturated/α-hetero) is 1. The third-order valence-corrected chi connectivity index (χ3v) is 3.40. The predicted molar refractivity (Wildman–Crippen MR) is 84.1 cm³/mol. The van der Waals surface area contributed by atoms with E-state index in [1.807, 2.05) is 0 Å². The lowest BCUT2D eigenvalue weighted by atomic mass is 9.93. The molecule has 0 radical (unpaired) electrons. The van der Waals surface area contributed by atoms with E-state index in [2.05, 4.69) is 0 Å². The number of ketones is 1. The zero-order valence-corrected chi connectivity index (χ0v) is 12.6. The van der Waals surface area contributed by atoms with Gasteiger partial charge in [0.1, 0.15) is 5.82 Å². The zero-order valence-electron chi connectivity index (χ0n) is 12.6. The Morgan fingerprint density at radius 1 is 0.880 bits per heavy atom. The van der Waals surface area contributed by atoms with Crippen LogP contribution in [-0.2, 0) is 11.0 Å². The van der Waals surface area contributed by atoms with Crippen molar-refractivity contribution in [2.24, 2.45) is 0 Å². The maximum atomic E-state index is 13.0. The monoisotopic (exact) mass is 352 g/mol. The molecule has 0 aliphatic carbocycles. The van der Waals surface area contributed by atoms with Crippen LogP contribution in [0.15, 0.2) is 61.1 Å².